The molecule has 1 N–H and O–H groups in total. The third-order valence-electron chi connectivity index (χ3n) is 6.53. The maximum absolute atomic E-state index is 12.4. The SMILES string of the molecule is O=C(O)c1cc(C2(c3ccccc3)c3ccccc3Oc3ccccc32)cc2ccccc12. The second-order valence-electron chi connectivity index (χ2n) is 8.26. The summed E-state index contributed by atoms with van der Waals surface area (Å²) in [4.78, 5) is 12.4. The molecule has 1 heterocycles. The van der Waals surface area contributed by atoms with Gasteiger partial charge in [-0.05, 0) is 46.2 Å². The Morgan fingerprint density at radius 1 is 0.636 bits per heavy atom. The number of rotatable bonds is 3. The molecule has 0 bridgehead atoms. The lowest BCUT2D eigenvalue weighted by Gasteiger charge is -2.41. The van der Waals surface area contributed by atoms with E-state index in [2.05, 4.69) is 30.3 Å². The molecule has 0 atom stereocenters. The topological polar surface area (TPSA) is 46.5 Å². The molecule has 33 heavy (non-hydrogen) atoms. The highest BCUT2D eigenvalue weighted by Crippen LogP contribution is 2.55. The van der Waals surface area contributed by atoms with Crippen molar-refractivity contribution in [2.75, 3.05) is 0 Å². The molecule has 0 saturated heterocycles. The average molecular weight is 428 g/mol. The summed E-state index contributed by atoms with van der Waals surface area (Å²) in [5.41, 5.74) is 3.48. The average Bonchev–Trinajstić information content (AvgIpc) is 2.87. The molecule has 0 saturated carbocycles. The van der Waals surface area contributed by atoms with E-state index in [0.29, 0.717) is 5.56 Å². The van der Waals surface area contributed by atoms with Crippen LogP contribution in [0.1, 0.15) is 32.6 Å². The van der Waals surface area contributed by atoms with E-state index in [1.165, 1.54) is 0 Å². The van der Waals surface area contributed by atoms with Gasteiger partial charge in [-0.25, -0.2) is 4.79 Å². The molecule has 3 heteroatoms. The number of aromatic carboxylic acids is 1. The smallest absolute Gasteiger partial charge is 0.336 e. The molecule has 0 unspecified atom stereocenters. The van der Waals surface area contributed by atoms with Crippen LogP contribution < -0.4 is 4.74 Å². The van der Waals surface area contributed by atoms with Crippen LogP contribution in [0.2, 0.25) is 0 Å². The maximum atomic E-state index is 12.4. The van der Waals surface area contributed by atoms with Crippen molar-refractivity contribution in [2.45, 2.75) is 5.41 Å². The summed E-state index contributed by atoms with van der Waals surface area (Å²) in [7, 11) is 0. The van der Waals surface area contributed by atoms with Gasteiger partial charge in [0.1, 0.15) is 11.5 Å². The zero-order valence-electron chi connectivity index (χ0n) is 17.7. The number of fused-ring (bicyclic) bond motifs is 3. The van der Waals surface area contributed by atoms with Crippen molar-refractivity contribution in [3.8, 4) is 11.5 Å². The quantitative estimate of drug-likeness (QED) is 0.329. The normalized spacial score (nSPS) is 13.6. The van der Waals surface area contributed by atoms with Crippen LogP contribution in [-0.2, 0) is 5.41 Å². The zero-order chi connectivity index (χ0) is 22.4. The third-order valence-corrected chi connectivity index (χ3v) is 6.53. The van der Waals surface area contributed by atoms with Crippen molar-refractivity contribution >= 4 is 16.7 Å². The summed E-state index contributed by atoms with van der Waals surface area (Å²) >= 11 is 0. The Hall–Kier alpha value is -4.37. The van der Waals surface area contributed by atoms with Gasteiger partial charge >= 0.3 is 5.97 Å². The number of ether oxygens (including phenoxy) is 1. The number of benzene rings is 5. The van der Waals surface area contributed by atoms with Crippen molar-refractivity contribution in [1.82, 2.24) is 0 Å². The Balaban J connectivity index is 1.82. The summed E-state index contributed by atoms with van der Waals surface area (Å²) in [5.74, 6) is 0.597. The van der Waals surface area contributed by atoms with E-state index < -0.39 is 11.4 Å². The highest BCUT2D eigenvalue weighted by Gasteiger charge is 2.45. The third kappa shape index (κ3) is 2.79. The number of carboxylic acids is 1. The first-order valence-corrected chi connectivity index (χ1v) is 10.9. The highest BCUT2D eigenvalue weighted by molar-refractivity contribution is 6.04. The molecule has 0 spiro atoms. The molecule has 3 nitrogen and oxygen atoms in total. The van der Waals surface area contributed by atoms with Crippen LogP contribution >= 0.6 is 0 Å². The minimum atomic E-state index is -0.940. The van der Waals surface area contributed by atoms with E-state index in [-0.39, 0.29) is 0 Å². The lowest BCUT2D eigenvalue weighted by atomic mass is 9.63. The standard InChI is InChI=1S/C30H20O3/c31-29(32)24-19-22(18-20-10-4-5-13-23(20)24)30(21-11-2-1-3-12-21)25-14-6-8-16-27(25)33-28-17-9-7-15-26(28)30/h1-19H,(H,31,32). The molecule has 0 fully saturated rings. The molecule has 6 rings (SSSR count). The fraction of sp³-hybridized carbons (Fsp3) is 0.0333. The monoisotopic (exact) mass is 428 g/mol. The first kappa shape index (κ1) is 19.3. The van der Waals surface area contributed by atoms with E-state index in [4.69, 9.17) is 4.74 Å². The Morgan fingerprint density at radius 3 is 1.88 bits per heavy atom. The Labute approximate surface area is 191 Å². The van der Waals surface area contributed by atoms with Gasteiger partial charge in [0.05, 0.1) is 11.0 Å². The molecule has 1 aliphatic heterocycles. The second kappa shape index (κ2) is 7.35. The predicted molar refractivity (Wildman–Crippen MR) is 129 cm³/mol. The Kier molecular flexibility index (Phi) is 4.30. The fourth-order valence-corrected chi connectivity index (χ4v) is 5.18. The number of hydrogen-bond acceptors (Lipinski definition) is 2. The molecule has 5 aromatic carbocycles. The minimum absolute atomic E-state index is 0.292. The van der Waals surface area contributed by atoms with Gasteiger partial charge in [-0.1, -0.05) is 91.0 Å². The largest absolute Gasteiger partial charge is 0.478 e. The molecule has 0 radical (unpaired) electrons. The van der Waals surface area contributed by atoms with Crippen molar-refractivity contribution < 1.29 is 14.6 Å². The van der Waals surface area contributed by atoms with E-state index >= 15 is 0 Å². The summed E-state index contributed by atoms with van der Waals surface area (Å²) in [6.07, 6.45) is 0. The summed E-state index contributed by atoms with van der Waals surface area (Å²) in [6, 6.07) is 37.9. The number of hydrogen-bond donors (Lipinski definition) is 1. The van der Waals surface area contributed by atoms with Crippen LogP contribution in [0, 0.1) is 0 Å². The zero-order valence-corrected chi connectivity index (χ0v) is 17.7. The van der Waals surface area contributed by atoms with E-state index in [0.717, 1.165) is 44.5 Å². The summed E-state index contributed by atoms with van der Waals surface area (Å²) < 4.78 is 6.32. The highest BCUT2D eigenvalue weighted by atomic mass is 16.5. The van der Waals surface area contributed by atoms with Gasteiger partial charge in [0, 0.05) is 11.1 Å². The van der Waals surface area contributed by atoms with Crippen molar-refractivity contribution in [2.24, 2.45) is 0 Å². The molecular weight excluding hydrogens is 408 g/mol. The van der Waals surface area contributed by atoms with Crippen molar-refractivity contribution in [1.29, 1.82) is 0 Å². The first-order valence-electron chi connectivity index (χ1n) is 10.9. The second-order valence-corrected chi connectivity index (χ2v) is 8.26. The molecule has 0 aliphatic carbocycles. The number of carboxylic acid groups (broad SMARTS) is 1. The fourth-order valence-electron chi connectivity index (χ4n) is 5.18. The lowest BCUT2D eigenvalue weighted by Crippen LogP contribution is -2.34. The van der Waals surface area contributed by atoms with E-state index in [1.807, 2.05) is 84.9 Å². The summed E-state index contributed by atoms with van der Waals surface area (Å²) in [6.45, 7) is 0. The molecular formula is C30H20O3. The molecule has 0 aromatic heterocycles. The van der Waals surface area contributed by atoms with Crippen LogP contribution in [-0.4, -0.2) is 11.1 Å². The van der Waals surface area contributed by atoms with Gasteiger partial charge in [-0.2, -0.15) is 0 Å². The van der Waals surface area contributed by atoms with Crippen LogP contribution in [0.25, 0.3) is 10.8 Å². The lowest BCUT2D eigenvalue weighted by molar-refractivity contribution is 0.0699. The van der Waals surface area contributed by atoms with Gasteiger partial charge in [0.15, 0.2) is 0 Å². The van der Waals surface area contributed by atoms with Gasteiger partial charge in [-0.3, -0.25) is 0 Å². The number of carbonyl (C=O) groups is 1. The van der Waals surface area contributed by atoms with Gasteiger partial charge in [0.2, 0.25) is 0 Å². The van der Waals surface area contributed by atoms with Crippen molar-refractivity contribution in [3.63, 3.8) is 0 Å². The predicted octanol–water partition coefficient (Wildman–Crippen LogP) is 7.03. The molecule has 5 aromatic rings. The van der Waals surface area contributed by atoms with Crippen LogP contribution in [0.4, 0.5) is 0 Å². The van der Waals surface area contributed by atoms with Gasteiger partial charge in [-0.15, -0.1) is 0 Å². The van der Waals surface area contributed by atoms with Crippen LogP contribution in [0.3, 0.4) is 0 Å². The van der Waals surface area contributed by atoms with E-state index in [1.54, 1.807) is 0 Å². The van der Waals surface area contributed by atoms with Crippen LogP contribution in [0.15, 0.2) is 115 Å². The summed E-state index contributed by atoms with van der Waals surface area (Å²) in [5, 5.41) is 11.7. The maximum Gasteiger partial charge on any atom is 0.336 e. The number of para-hydroxylation sites is 2. The molecule has 158 valence electrons. The van der Waals surface area contributed by atoms with Crippen molar-refractivity contribution in [3.05, 3.63) is 143 Å². The minimum Gasteiger partial charge on any atom is -0.478 e. The van der Waals surface area contributed by atoms with E-state index in [9.17, 15) is 9.90 Å². The Bertz CT molecular complexity index is 1470. The molecule has 0 amide bonds. The van der Waals surface area contributed by atoms with Crippen LogP contribution in [0.5, 0.6) is 11.5 Å². The van der Waals surface area contributed by atoms with Gasteiger partial charge < -0.3 is 9.84 Å². The molecule has 1 aliphatic rings. The Morgan fingerprint density at radius 2 is 1.21 bits per heavy atom. The van der Waals surface area contributed by atoms with Gasteiger partial charge in [0.25, 0.3) is 0 Å². The first-order chi connectivity index (χ1) is 16.2.